The fraction of sp³-hybridized carbons (Fsp3) is 0.174. The number of aromatic nitrogens is 4. The second kappa shape index (κ2) is 8.08. The molecule has 1 atom stereocenters. The van der Waals surface area contributed by atoms with Crippen LogP contribution in [0.3, 0.4) is 0 Å². The van der Waals surface area contributed by atoms with E-state index >= 15 is 0 Å². The van der Waals surface area contributed by atoms with Crippen molar-refractivity contribution in [1.82, 2.24) is 24.8 Å². The van der Waals surface area contributed by atoms with Crippen molar-refractivity contribution in [3.8, 4) is 11.1 Å². The van der Waals surface area contributed by atoms with E-state index in [4.69, 9.17) is 10.5 Å². The Morgan fingerprint density at radius 3 is 2.94 bits per heavy atom. The van der Waals surface area contributed by atoms with E-state index in [1.165, 1.54) is 6.33 Å². The van der Waals surface area contributed by atoms with Crippen LogP contribution in [0.1, 0.15) is 22.2 Å². The van der Waals surface area contributed by atoms with Gasteiger partial charge in [-0.1, -0.05) is 12.1 Å². The SMILES string of the molecule is Nc1cc(-c2cncnc2C2CN(C(=O)c3cccc4ncccc34)CCO2)ccn1. The monoisotopic (exact) mass is 412 g/mol. The number of carbonyl (C=O) groups is 1. The highest BCUT2D eigenvalue weighted by Gasteiger charge is 2.29. The second-order valence-corrected chi connectivity index (χ2v) is 7.28. The van der Waals surface area contributed by atoms with E-state index in [9.17, 15) is 4.79 Å². The average Bonchev–Trinajstić information content (AvgIpc) is 2.83. The number of nitrogen functional groups attached to an aromatic ring is 1. The number of anilines is 1. The Labute approximate surface area is 178 Å². The molecule has 0 saturated carbocycles. The summed E-state index contributed by atoms with van der Waals surface area (Å²) in [5.41, 5.74) is 9.68. The maximum atomic E-state index is 13.4. The van der Waals surface area contributed by atoms with Gasteiger partial charge in [-0.2, -0.15) is 0 Å². The Kier molecular flexibility index (Phi) is 4.97. The van der Waals surface area contributed by atoms with E-state index in [1.54, 1.807) is 24.7 Å². The summed E-state index contributed by atoms with van der Waals surface area (Å²) >= 11 is 0. The molecule has 1 amide bonds. The molecule has 4 heterocycles. The number of hydrogen-bond acceptors (Lipinski definition) is 7. The van der Waals surface area contributed by atoms with Gasteiger partial charge >= 0.3 is 0 Å². The predicted molar refractivity (Wildman–Crippen MR) is 116 cm³/mol. The van der Waals surface area contributed by atoms with Crippen molar-refractivity contribution in [2.45, 2.75) is 6.10 Å². The zero-order valence-electron chi connectivity index (χ0n) is 16.7. The van der Waals surface area contributed by atoms with Crippen molar-refractivity contribution in [1.29, 1.82) is 0 Å². The standard InChI is InChI=1S/C23H20N6O2/c24-21-11-15(6-8-27-21)18-12-25-14-28-22(18)20-13-29(9-10-31-20)23(30)17-3-1-5-19-16(17)4-2-7-26-19/h1-8,11-12,14,20H,9-10,13H2,(H2,24,27). The topological polar surface area (TPSA) is 107 Å². The van der Waals surface area contributed by atoms with Crippen LogP contribution >= 0.6 is 0 Å². The van der Waals surface area contributed by atoms with Crippen LogP contribution in [0.5, 0.6) is 0 Å². The highest BCUT2D eigenvalue weighted by molar-refractivity contribution is 6.06. The summed E-state index contributed by atoms with van der Waals surface area (Å²) in [6, 6.07) is 13.0. The third kappa shape index (κ3) is 3.69. The molecular weight excluding hydrogens is 392 g/mol. The molecular formula is C23H20N6O2. The number of nitrogens with two attached hydrogens (primary N) is 1. The lowest BCUT2D eigenvalue weighted by molar-refractivity contribution is -0.0244. The van der Waals surface area contributed by atoms with Crippen LogP contribution in [0.25, 0.3) is 22.0 Å². The highest BCUT2D eigenvalue weighted by atomic mass is 16.5. The second-order valence-electron chi connectivity index (χ2n) is 7.28. The van der Waals surface area contributed by atoms with Gasteiger partial charge in [-0.3, -0.25) is 9.78 Å². The Bertz CT molecular complexity index is 1260. The molecule has 5 rings (SSSR count). The summed E-state index contributed by atoms with van der Waals surface area (Å²) in [5, 5.41) is 0.841. The van der Waals surface area contributed by atoms with Crippen LogP contribution in [-0.2, 0) is 4.74 Å². The molecule has 8 heteroatoms. The number of carbonyl (C=O) groups excluding carboxylic acids is 1. The van der Waals surface area contributed by atoms with Crippen molar-refractivity contribution in [2.24, 2.45) is 0 Å². The highest BCUT2D eigenvalue weighted by Crippen LogP contribution is 2.31. The molecule has 1 unspecified atom stereocenters. The summed E-state index contributed by atoms with van der Waals surface area (Å²) < 4.78 is 6.02. The van der Waals surface area contributed by atoms with Crippen molar-refractivity contribution >= 4 is 22.6 Å². The predicted octanol–water partition coefficient (Wildman–Crippen LogP) is 2.88. The van der Waals surface area contributed by atoms with Crippen LogP contribution in [0.2, 0.25) is 0 Å². The Morgan fingerprint density at radius 1 is 1.10 bits per heavy atom. The zero-order valence-corrected chi connectivity index (χ0v) is 16.7. The Hall–Kier alpha value is -3.91. The number of ether oxygens (including phenoxy) is 1. The summed E-state index contributed by atoms with van der Waals surface area (Å²) in [5.74, 6) is 0.369. The van der Waals surface area contributed by atoms with Gasteiger partial charge in [-0.15, -0.1) is 0 Å². The fourth-order valence-electron chi connectivity index (χ4n) is 3.89. The number of rotatable bonds is 3. The molecule has 3 aromatic heterocycles. The molecule has 31 heavy (non-hydrogen) atoms. The summed E-state index contributed by atoms with van der Waals surface area (Å²) in [6.45, 7) is 1.32. The number of benzene rings is 1. The van der Waals surface area contributed by atoms with Crippen molar-refractivity contribution in [2.75, 3.05) is 25.4 Å². The number of nitrogens with zero attached hydrogens (tertiary/aromatic N) is 5. The number of amides is 1. The number of pyridine rings is 2. The summed E-state index contributed by atoms with van der Waals surface area (Å²) in [4.78, 5) is 32.2. The van der Waals surface area contributed by atoms with Gasteiger partial charge in [0.1, 0.15) is 18.2 Å². The molecule has 0 bridgehead atoms. The van der Waals surface area contributed by atoms with Crippen LogP contribution in [-0.4, -0.2) is 50.4 Å². The van der Waals surface area contributed by atoms with Crippen LogP contribution in [0.4, 0.5) is 5.82 Å². The van der Waals surface area contributed by atoms with Gasteiger partial charge in [0.25, 0.3) is 5.91 Å². The minimum Gasteiger partial charge on any atom is -0.384 e. The normalized spacial score (nSPS) is 16.4. The molecule has 8 nitrogen and oxygen atoms in total. The summed E-state index contributed by atoms with van der Waals surface area (Å²) in [6.07, 6.45) is 6.22. The maximum Gasteiger partial charge on any atom is 0.254 e. The van der Waals surface area contributed by atoms with Crippen molar-refractivity contribution in [3.05, 3.63) is 78.6 Å². The molecule has 1 aliphatic heterocycles. The minimum absolute atomic E-state index is 0.0457. The Balaban J connectivity index is 1.46. The number of fused-ring (bicyclic) bond motifs is 1. The van der Waals surface area contributed by atoms with Gasteiger partial charge in [-0.05, 0) is 35.9 Å². The first kappa shape index (κ1) is 19.1. The molecule has 0 aliphatic carbocycles. The van der Waals surface area contributed by atoms with E-state index in [0.29, 0.717) is 31.1 Å². The molecule has 0 spiro atoms. The molecule has 2 N–H and O–H groups in total. The number of morpholine rings is 1. The third-order valence-corrected chi connectivity index (χ3v) is 5.37. The van der Waals surface area contributed by atoms with Crippen molar-refractivity contribution in [3.63, 3.8) is 0 Å². The first-order valence-electron chi connectivity index (χ1n) is 9.97. The van der Waals surface area contributed by atoms with Crippen LogP contribution in [0, 0.1) is 0 Å². The van der Waals surface area contributed by atoms with E-state index < -0.39 is 0 Å². The van der Waals surface area contributed by atoms with Gasteiger partial charge in [-0.25, -0.2) is 15.0 Å². The minimum atomic E-state index is -0.377. The fourth-order valence-corrected chi connectivity index (χ4v) is 3.89. The lowest BCUT2D eigenvalue weighted by Gasteiger charge is -2.33. The van der Waals surface area contributed by atoms with Crippen LogP contribution in [0.15, 0.2) is 67.4 Å². The largest absolute Gasteiger partial charge is 0.384 e. The first-order chi connectivity index (χ1) is 15.2. The van der Waals surface area contributed by atoms with Gasteiger partial charge in [0, 0.05) is 41.6 Å². The van der Waals surface area contributed by atoms with Gasteiger partial charge < -0.3 is 15.4 Å². The van der Waals surface area contributed by atoms with Crippen molar-refractivity contribution < 1.29 is 9.53 Å². The molecule has 1 saturated heterocycles. The van der Waals surface area contributed by atoms with Gasteiger partial charge in [0.05, 0.1) is 24.4 Å². The lowest BCUT2D eigenvalue weighted by atomic mass is 10.0. The molecule has 154 valence electrons. The third-order valence-electron chi connectivity index (χ3n) is 5.37. The lowest BCUT2D eigenvalue weighted by Crippen LogP contribution is -2.42. The smallest absolute Gasteiger partial charge is 0.254 e. The summed E-state index contributed by atoms with van der Waals surface area (Å²) in [7, 11) is 0. The maximum absolute atomic E-state index is 13.4. The molecule has 0 radical (unpaired) electrons. The zero-order chi connectivity index (χ0) is 21.2. The van der Waals surface area contributed by atoms with E-state index in [-0.39, 0.29) is 12.0 Å². The van der Waals surface area contributed by atoms with Gasteiger partial charge in [0.15, 0.2) is 0 Å². The van der Waals surface area contributed by atoms with Gasteiger partial charge in [0.2, 0.25) is 0 Å². The quantitative estimate of drug-likeness (QED) is 0.551. The number of hydrogen-bond donors (Lipinski definition) is 1. The molecule has 1 aliphatic rings. The first-order valence-corrected chi connectivity index (χ1v) is 9.97. The van der Waals surface area contributed by atoms with E-state index in [2.05, 4.69) is 19.9 Å². The average molecular weight is 412 g/mol. The van der Waals surface area contributed by atoms with Crippen LogP contribution < -0.4 is 5.73 Å². The molecule has 1 aromatic carbocycles. The molecule has 1 fully saturated rings. The molecule has 4 aromatic rings. The Morgan fingerprint density at radius 2 is 2.03 bits per heavy atom. The van der Waals surface area contributed by atoms with E-state index in [1.807, 2.05) is 41.3 Å². The van der Waals surface area contributed by atoms with E-state index in [0.717, 1.165) is 27.7 Å².